The van der Waals surface area contributed by atoms with Gasteiger partial charge in [-0.3, -0.25) is 0 Å². The van der Waals surface area contributed by atoms with Gasteiger partial charge in [-0.1, -0.05) is 0 Å². The Morgan fingerprint density at radius 3 is 2.00 bits per heavy atom. The largest absolute Gasteiger partial charge is 0.369 e. The van der Waals surface area contributed by atoms with Gasteiger partial charge in [0.1, 0.15) is 0 Å². The topological polar surface area (TPSA) is 78.4 Å². The fraction of sp³-hybridized carbons (Fsp3) is 0.778. The summed E-state index contributed by atoms with van der Waals surface area (Å²) in [6.07, 6.45) is 5.53. The van der Waals surface area contributed by atoms with Crippen LogP contribution in [0.5, 0.6) is 0 Å². The Hall–Kier alpha value is -1.31. The second-order valence-electron chi connectivity index (χ2n) is 4.95. The number of aromatic nitrogens is 3. The molecule has 0 aromatic carbocycles. The minimum absolute atomic E-state index is 0.112. The Morgan fingerprint density at radius 2 is 1.59 bits per heavy atom. The lowest BCUT2D eigenvalue weighted by Gasteiger charge is -2.13. The highest BCUT2D eigenvalue weighted by Crippen LogP contribution is 2.41. The third-order valence-corrected chi connectivity index (χ3v) is 3.89. The molecule has 8 heteroatoms. The summed E-state index contributed by atoms with van der Waals surface area (Å²) in [7, 11) is -2.51. The molecule has 0 amide bonds. The first-order valence-electron chi connectivity index (χ1n) is 5.52. The molecule has 1 aromatic heterocycles. The monoisotopic (exact) mass is 258 g/mol. The fourth-order valence-electron chi connectivity index (χ4n) is 2.77. The minimum atomic E-state index is -2.51. The molecule has 0 unspecified atom stereocenters. The molecule has 1 fully saturated rings. The van der Waals surface area contributed by atoms with Gasteiger partial charge in [0.05, 0.1) is 21.8 Å². The Labute approximate surface area is 97.8 Å². The molecule has 94 valence electrons. The zero-order valence-electron chi connectivity index (χ0n) is 9.70. The molecule has 0 radical (unpaired) electrons. The van der Waals surface area contributed by atoms with Crippen molar-refractivity contribution in [1.29, 1.82) is 0 Å². The second kappa shape index (κ2) is 3.12. The first-order valence-corrected chi connectivity index (χ1v) is 7.85. The molecule has 7 nitrogen and oxygen atoms in total. The molecular weight excluding hydrogens is 244 g/mol. The van der Waals surface area contributed by atoms with E-state index in [9.17, 15) is 13.8 Å². The van der Waals surface area contributed by atoms with Gasteiger partial charge in [-0.05, 0) is 19.3 Å². The molecule has 1 saturated carbocycles. The van der Waals surface area contributed by atoms with E-state index in [0.717, 1.165) is 23.9 Å². The van der Waals surface area contributed by atoms with Crippen molar-refractivity contribution in [2.45, 2.75) is 31.3 Å². The lowest BCUT2D eigenvalue weighted by molar-refractivity contribution is 0.374. The molecule has 1 aliphatic heterocycles. The first-order chi connectivity index (χ1) is 7.88. The van der Waals surface area contributed by atoms with Crippen molar-refractivity contribution >= 4 is 9.73 Å². The smallest absolute Gasteiger partial charge is 0.248 e. The van der Waals surface area contributed by atoms with E-state index in [1.165, 1.54) is 21.9 Å². The predicted molar refractivity (Wildman–Crippen MR) is 62.7 cm³/mol. The summed E-state index contributed by atoms with van der Waals surface area (Å²) in [6.45, 7) is 0. The maximum atomic E-state index is 12.0. The standard InChI is InChI=1S/C9H14N4O3S/c1-17(2,16)10-11-8(14)12-6-3-4-7(5-6)13(12)9(11)15/h6-7H,3-5H2,1-2H3/t6-,7+. The molecule has 0 N–H and O–H groups in total. The van der Waals surface area contributed by atoms with Crippen molar-refractivity contribution in [2.75, 3.05) is 12.5 Å². The molecule has 2 bridgehead atoms. The van der Waals surface area contributed by atoms with Crippen LogP contribution in [0.25, 0.3) is 0 Å². The quantitative estimate of drug-likeness (QED) is 0.686. The van der Waals surface area contributed by atoms with Gasteiger partial charge in [-0.2, -0.15) is 0 Å². The molecule has 2 heterocycles. The van der Waals surface area contributed by atoms with Gasteiger partial charge in [0.15, 0.2) is 0 Å². The van der Waals surface area contributed by atoms with Gasteiger partial charge in [-0.15, -0.1) is 9.15 Å². The van der Waals surface area contributed by atoms with Gasteiger partial charge in [0.25, 0.3) is 0 Å². The van der Waals surface area contributed by atoms with E-state index in [4.69, 9.17) is 0 Å². The van der Waals surface area contributed by atoms with Crippen LogP contribution in [0.15, 0.2) is 14.1 Å². The van der Waals surface area contributed by atoms with Gasteiger partial charge in [0, 0.05) is 12.5 Å². The van der Waals surface area contributed by atoms with Crippen molar-refractivity contribution in [1.82, 2.24) is 14.0 Å². The zero-order valence-corrected chi connectivity index (χ0v) is 10.5. The molecule has 1 aromatic rings. The van der Waals surface area contributed by atoms with Crippen molar-refractivity contribution in [3.05, 3.63) is 21.0 Å². The lowest BCUT2D eigenvalue weighted by atomic mass is 10.3. The summed E-state index contributed by atoms with van der Waals surface area (Å²) in [4.78, 5) is 24.1. The summed E-state index contributed by atoms with van der Waals surface area (Å²) in [5, 5.41) is 0. The van der Waals surface area contributed by atoms with Crippen LogP contribution in [-0.4, -0.2) is 30.8 Å². The van der Waals surface area contributed by atoms with Crippen LogP contribution >= 0.6 is 0 Å². The number of hydrogen-bond donors (Lipinski definition) is 0. The normalized spacial score (nSPS) is 26.2. The number of hydrogen-bond acceptors (Lipinski definition) is 4. The average Bonchev–Trinajstić information content (AvgIpc) is 2.86. The highest BCUT2D eigenvalue weighted by Gasteiger charge is 2.40. The van der Waals surface area contributed by atoms with E-state index < -0.39 is 21.1 Å². The van der Waals surface area contributed by atoms with Crippen molar-refractivity contribution < 1.29 is 4.21 Å². The van der Waals surface area contributed by atoms with Crippen LogP contribution in [0.1, 0.15) is 31.3 Å². The third-order valence-electron chi connectivity index (χ3n) is 3.33. The third kappa shape index (κ3) is 1.43. The van der Waals surface area contributed by atoms with Crippen molar-refractivity contribution in [2.24, 2.45) is 4.47 Å². The Bertz CT molecular complexity index is 666. The minimum Gasteiger partial charge on any atom is -0.248 e. The Kier molecular flexibility index (Phi) is 1.99. The van der Waals surface area contributed by atoms with E-state index in [-0.39, 0.29) is 12.1 Å². The van der Waals surface area contributed by atoms with Crippen LogP contribution in [0.3, 0.4) is 0 Å². The molecule has 0 spiro atoms. The second-order valence-corrected chi connectivity index (χ2v) is 7.48. The van der Waals surface area contributed by atoms with Crippen LogP contribution in [0, 0.1) is 0 Å². The average molecular weight is 258 g/mol. The molecule has 0 saturated heterocycles. The Balaban J connectivity index is 2.33. The summed E-state index contributed by atoms with van der Waals surface area (Å²) in [5.74, 6) is 0. The molecule has 1 aliphatic carbocycles. The SMILES string of the molecule is CS(C)(=O)=Nn1c(=O)n2n(c1=O)[C@H]1CC[C@@H]2C1. The van der Waals surface area contributed by atoms with Crippen LogP contribution in [-0.2, 0) is 9.73 Å². The van der Waals surface area contributed by atoms with E-state index in [2.05, 4.69) is 4.47 Å². The van der Waals surface area contributed by atoms with E-state index in [1.807, 2.05) is 0 Å². The molecule has 3 rings (SSSR count). The van der Waals surface area contributed by atoms with E-state index in [1.54, 1.807) is 0 Å². The summed E-state index contributed by atoms with van der Waals surface area (Å²) in [6, 6.07) is 0.225. The summed E-state index contributed by atoms with van der Waals surface area (Å²) < 4.78 is 19.0. The van der Waals surface area contributed by atoms with Gasteiger partial charge < -0.3 is 0 Å². The van der Waals surface area contributed by atoms with E-state index in [0.29, 0.717) is 0 Å². The number of fused-ring (bicyclic) bond motifs is 5. The van der Waals surface area contributed by atoms with Crippen LogP contribution < -0.4 is 11.4 Å². The highest BCUT2D eigenvalue weighted by atomic mass is 32.2. The molecular formula is C9H14N4O3S. The van der Waals surface area contributed by atoms with Crippen LogP contribution in [0.4, 0.5) is 0 Å². The van der Waals surface area contributed by atoms with Gasteiger partial charge in [-0.25, -0.2) is 23.2 Å². The van der Waals surface area contributed by atoms with Crippen molar-refractivity contribution in [3.63, 3.8) is 0 Å². The van der Waals surface area contributed by atoms with Crippen LogP contribution in [0.2, 0.25) is 0 Å². The first kappa shape index (κ1) is 10.8. The molecule has 2 atom stereocenters. The lowest BCUT2D eigenvalue weighted by Crippen LogP contribution is -2.28. The number of rotatable bonds is 1. The zero-order chi connectivity index (χ0) is 12.4. The summed E-state index contributed by atoms with van der Waals surface area (Å²) >= 11 is 0. The number of nitrogens with zero attached hydrogens (tertiary/aromatic N) is 4. The van der Waals surface area contributed by atoms with Crippen molar-refractivity contribution in [3.8, 4) is 0 Å². The van der Waals surface area contributed by atoms with Gasteiger partial charge >= 0.3 is 11.4 Å². The molecule has 2 aliphatic rings. The fourth-order valence-corrected chi connectivity index (χ4v) is 3.30. The van der Waals surface area contributed by atoms with Gasteiger partial charge in [0.2, 0.25) is 0 Å². The summed E-state index contributed by atoms with van der Waals surface area (Å²) in [5.41, 5.74) is -0.919. The highest BCUT2D eigenvalue weighted by molar-refractivity contribution is 7.92. The van der Waals surface area contributed by atoms with E-state index >= 15 is 0 Å². The maximum absolute atomic E-state index is 12.0. The molecule has 17 heavy (non-hydrogen) atoms. The predicted octanol–water partition coefficient (Wildman–Crippen LogP) is -0.418. The Morgan fingerprint density at radius 1 is 1.12 bits per heavy atom. The maximum Gasteiger partial charge on any atom is 0.369 e.